The fourth-order valence-corrected chi connectivity index (χ4v) is 5.38. The van der Waals surface area contributed by atoms with E-state index in [0.717, 1.165) is 50.4 Å². The molecule has 1 amide bonds. The first-order chi connectivity index (χ1) is 18.5. The molecule has 3 heterocycles. The summed E-state index contributed by atoms with van der Waals surface area (Å²) in [7, 11) is 0. The molecule has 1 saturated carbocycles. The number of piperazine rings is 1. The van der Waals surface area contributed by atoms with Gasteiger partial charge in [0, 0.05) is 37.8 Å². The summed E-state index contributed by atoms with van der Waals surface area (Å²) in [6.07, 6.45) is 3.72. The Morgan fingerprint density at radius 1 is 0.974 bits per heavy atom. The molecule has 2 aliphatic rings. The smallest absolute Gasteiger partial charge is 0.267 e. The van der Waals surface area contributed by atoms with Gasteiger partial charge in [-0.2, -0.15) is 15.0 Å². The number of rotatable bonds is 7. The average Bonchev–Trinajstić information content (AvgIpc) is 3.70. The number of nitrogens with one attached hydrogen (secondary N) is 2. The van der Waals surface area contributed by atoms with Crippen molar-refractivity contribution in [1.29, 1.82) is 0 Å². The summed E-state index contributed by atoms with van der Waals surface area (Å²) in [5.74, 6) is 2.05. The van der Waals surface area contributed by atoms with E-state index in [0.29, 0.717) is 38.5 Å². The van der Waals surface area contributed by atoms with Crippen LogP contribution in [0.1, 0.15) is 39.8 Å². The van der Waals surface area contributed by atoms with E-state index in [1.807, 2.05) is 25.1 Å². The largest absolute Gasteiger partial charge is 0.368 e. The number of carbonyl (C=O) groups is 1. The van der Waals surface area contributed by atoms with Crippen LogP contribution >= 0.6 is 22.9 Å². The number of aryl methyl sites for hydroxylation is 1. The zero-order valence-electron chi connectivity index (χ0n) is 20.9. The summed E-state index contributed by atoms with van der Waals surface area (Å²) < 4.78 is 0. The molecule has 2 N–H and O–H groups in total. The summed E-state index contributed by atoms with van der Waals surface area (Å²) in [5, 5.41) is 7.13. The second kappa shape index (κ2) is 10.5. The van der Waals surface area contributed by atoms with Crippen molar-refractivity contribution in [2.45, 2.75) is 25.7 Å². The lowest BCUT2D eigenvalue weighted by Crippen LogP contribution is -2.47. The molecule has 2 aromatic heterocycles. The highest BCUT2D eigenvalue weighted by Gasteiger charge is 2.29. The van der Waals surface area contributed by atoms with E-state index in [2.05, 4.69) is 54.7 Å². The van der Waals surface area contributed by atoms with Gasteiger partial charge in [0.2, 0.25) is 11.9 Å². The molecular weight excluding hydrogens is 520 g/mol. The van der Waals surface area contributed by atoms with Gasteiger partial charge in [0.1, 0.15) is 10.7 Å². The molecule has 9 nitrogen and oxygen atoms in total. The van der Waals surface area contributed by atoms with E-state index in [-0.39, 0.29) is 5.91 Å². The van der Waals surface area contributed by atoms with Crippen molar-refractivity contribution < 1.29 is 4.79 Å². The van der Waals surface area contributed by atoms with Crippen molar-refractivity contribution >= 4 is 57.2 Å². The molecule has 11 heteroatoms. The summed E-state index contributed by atoms with van der Waals surface area (Å²) in [4.78, 5) is 36.5. The quantitative estimate of drug-likeness (QED) is 0.314. The number of hydrogen-bond donors (Lipinski definition) is 2. The third-order valence-electron chi connectivity index (χ3n) is 6.68. The van der Waals surface area contributed by atoms with Gasteiger partial charge in [-0.15, -0.1) is 0 Å². The van der Waals surface area contributed by atoms with Crippen LogP contribution in [-0.2, 0) is 0 Å². The van der Waals surface area contributed by atoms with E-state index in [1.165, 1.54) is 17.0 Å². The Kier molecular flexibility index (Phi) is 6.82. The Morgan fingerprint density at radius 2 is 1.74 bits per heavy atom. The van der Waals surface area contributed by atoms with Gasteiger partial charge in [0.25, 0.3) is 5.91 Å². The molecule has 0 unspecified atom stereocenters. The second-order valence-electron chi connectivity index (χ2n) is 9.44. The van der Waals surface area contributed by atoms with Gasteiger partial charge < -0.3 is 15.1 Å². The van der Waals surface area contributed by atoms with Crippen LogP contribution in [0.3, 0.4) is 0 Å². The predicted molar refractivity (Wildman–Crippen MR) is 152 cm³/mol. The van der Waals surface area contributed by atoms with E-state index >= 15 is 0 Å². The van der Waals surface area contributed by atoms with Gasteiger partial charge in [0.15, 0.2) is 5.13 Å². The number of halogens is 1. The van der Waals surface area contributed by atoms with Crippen LogP contribution in [0.2, 0.25) is 5.02 Å². The Balaban J connectivity index is 1.16. The Hall–Kier alpha value is -3.76. The zero-order chi connectivity index (χ0) is 26.1. The number of benzene rings is 2. The molecule has 2 aromatic carbocycles. The maximum atomic E-state index is 12.8. The van der Waals surface area contributed by atoms with Gasteiger partial charge >= 0.3 is 0 Å². The highest BCUT2D eigenvalue weighted by Crippen LogP contribution is 2.39. The summed E-state index contributed by atoms with van der Waals surface area (Å²) in [5.41, 5.74) is 2.73. The van der Waals surface area contributed by atoms with Gasteiger partial charge in [-0.25, -0.2) is 4.98 Å². The summed E-state index contributed by atoms with van der Waals surface area (Å²) in [6.45, 7) is 5.34. The molecule has 0 bridgehead atoms. The number of hydrogen-bond acceptors (Lipinski definition) is 9. The van der Waals surface area contributed by atoms with Crippen molar-refractivity contribution in [3.05, 3.63) is 76.0 Å². The molecular formula is C27H27ClN8OS. The number of amides is 1. The second-order valence-corrected chi connectivity index (χ2v) is 10.9. The van der Waals surface area contributed by atoms with E-state index < -0.39 is 0 Å². The molecule has 4 aromatic rings. The molecule has 0 spiro atoms. The van der Waals surface area contributed by atoms with E-state index in [9.17, 15) is 4.79 Å². The fourth-order valence-electron chi connectivity index (χ4n) is 4.40. The molecule has 1 aliphatic carbocycles. The topological polar surface area (TPSA) is 99.2 Å². The summed E-state index contributed by atoms with van der Waals surface area (Å²) >= 11 is 7.51. The van der Waals surface area contributed by atoms with Gasteiger partial charge in [-0.1, -0.05) is 53.3 Å². The lowest BCUT2D eigenvalue weighted by Gasteiger charge is -2.36. The highest BCUT2D eigenvalue weighted by atomic mass is 35.5. The standard InChI is InChI=1S/C27H27ClN8OS/c1-17-6-5-9-20(28)22(17)30-24(37)21-16-29-27(38-21)34-25-31-23(18-10-11-18)32-26(33-25)36-14-12-35(13-15-36)19-7-3-2-4-8-19/h2-9,16,18H,10-15H2,1H3,(H,30,37)(H,29,31,32,33,34). The zero-order valence-corrected chi connectivity index (χ0v) is 22.5. The molecule has 38 heavy (non-hydrogen) atoms. The third kappa shape index (κ3) is 5.41. The van der Waals surface area contributed by atoms with Gasteiger partial charge in [0.05, 0.1) is 16.9 Å². The Morgan fingerprint density at radius 3 is 2.47 bits per heavy atom. The number of nitrogens with zero attached hydrogens (tertiary/aromatic N) is 6. The van der Waals surface area contributed by atoms with Crippen molar-refractivity contribution in [1.82, 2.24) is 19.9 Å². The molecule has 1 aliphatic heterocycles. The van der Waals surface area contributed by atoms with Crippen LogP contribution in [0.25, 0.3) is 0 Å². The molecule has 2 fully saturated rings. The molecule has 194 valence electrons. The fraction of sp³-hybridized carbons (Fsp3) is 0.296. The van der Waals surface area contributed by atoms with Crippen LogP contribution in [-0.4, -0.2) is 52.0 Å². The molecule has 0 atom stereocenters. The van der Waals surface area contributed by atoms with Crippen LogP contribution in [0.15, 0.2) is 54.7 Å². The summed E-state index contributed by atoms with van der Waals surface area (Å²) in [6, 6.07) is 16.0. The number of aromatic nitrogens is 4. The molecule has 0 radical (unpaired) electrons. The number of carbonyl (C=O) groups excluding carboxylic acids is 1. The predicted octanol–water partition coefficient (Wildman–Crippen LogP) is 5.49. The first-order valence-electron chi connectivity index (χ1n) is 12.6. The minimum absolute atomic E-state index is 0.266. The van der Waals surface area contributed by atoms with E-state index in [4.69, 9.17) is 21.6 Å². The normalized spacial score (nSPS) is 15.4. The first kappa shape index (κ1) is 24.6. The Bertz CT molecular complexity index is 1430. The number of para-hydroxylation sites is 2. The van der Waals surface area contributed by atoms with Crippen LogP contribution in [0.4, 0.5) is 28.4 Å². The lowest BCUT2D eigenvalue weighted by atomic mass is 10.2. The maximum Gasteiger partial charge on any atom is 0.267 e. The van der Waals surface area contributed by atoms with Gasteiger partial charge in [-0.05, 0) is 43.5 Å². The monoisotopic (exact) mass is 546 g/mol. The van der Waals surface area contributed by atoms with Crippen LogP contribution < -0.4 is 20.4 Å². The number of thiazole rings is 1. The average molecular weight is 547 g/mol. The van der Waals surface area contributed by atoms with Crippen molar-refractivity contribution in [3.8, 4) is 0 Å². The minimum atomic E-state index is -0.266. The maximum absolute atomic E-state index is 12.8. The lowest BCUT2D eigenvalue weighted by molar-refractivity contribution is 0.103. The minimum Gasteiger partial charge on any atom is -0.368 e. The van der Waals surface area contributed by atoms with Crippen LogP contribution in [0.5, 0.6) is 0 Å². The SMILES string of the molecule is Cc1cccc(Cl)c1NC(=O)c1cnc(Nc2nc(C3CC3)nc(N3CCN(c4ccccc4)CC3)n2)s1. The van der Waals surface area contributed by atoms with Crippen LogP contribution in [0, 0.1) is 6.92 Å². The van der Waals surface area contributed by atoms with Crippen molar-refractivity contribution in [3.63, 3.8) is 0 Å². The van der Waals surface area contributed by atoms with E-state index in [1.54, 1.807) is 12.3 Å². The number of anilines is 5. The molecule has 6 rings (SSSR count). The molecule has 1 saturated heterocycles. The first-order valence-corrected chi connectivity index (χ1v) is 13.8. The Labute approximate surface area is 229 Å². The highest BCUT2D eigenvalue weighted by molar-refractivity contribution is 7.17. The van der Waals surface area contributed by atoms with Crippen molar-refractivity contribution in [2.24, 2.45) is 0 Å². The van der Waals surface area contributed by atoms with Crippen molar-refractivity contribution in [2.75, 3.05) is 46.6 Å². The third-order valence-corrected chi connectivity index (χ3v) is 7.90. The van der Waals surface area contributed by atoms with Gasteiger partial charge in [-0.3, -0.25) is 10.1 Å².